The number of primary amides is 1. The molecule has 2 aromatic carbocycles. The normalized spacial score (nSPS) is 16.4. The predicted molar refractivity (Wildman–Crippen MR) is 117 cm³/mol. The summed E-state index contributed by atoms with van der Waals surface area (Å²) in [6, 6.07) is 13.9. The molecule has 3 aromatic rings. The van der Waals surface area contributed by atoms with Gasteiger partial charge in [0.1, 0.15) is 6.10 Å². The number of nitrogens with two attached hydrogens (primary N) is 1. The molecule has 1 atom stereocenters. The third kappa shape index (κ3) is 4.70. The highest BCUT2D eigenvalue weighted by molar-refractivity contribution is 7.21. The van der Waals surface area contributed by atoms with Crippen molar-refractivity contribution in [2.24, 2.45) is 5.73 Å². The fourth-order valence-electron chi connectivity index (χ4n) is 3.74. The summed E-state index contributed by atoms with van der Waals surface area (Å²) < 4.78 is 25.9. The Bertz CT molecular complexity index is 1100. The van der Waals surface area contributed by atoms with E-state index in [2.05, 4.69) is 0 Å². The largest absolute Gasteiger partial charge is 0.491 e. The Morgan fingerprint density at radius 1 is 1.19 bits per heavy atom. The van der Waals surface area contributed by atoms with Gasteiger partial charge in [0.15, 0.2) is 11.6 Å². The number of morpholine rings is 1. The third-order valence-electron chi connectivity index (χ3n) is 5.23. The van der Waals surface area contributed by atoms with Crippen LogP contribution in [-0.4, -0.2) is 43.0 Å². The quantitative estimate of drug-likeness (QED) is 0.563. The summed E-state index contributed by atoms with van der Waals surface area (Å²) in [7, 11) is 0. The Balaban J connectivity index is 1.39. The molecule has 4 rings (SSSR count). The minimum absolute atomic E-state index is 0.0226. The predicted octanol–water partition coefficient (Wildman–Crippen LogP) is 3.90. The molecule has 2 amide bonds. The molecular weight excluding hydrogens is 419 g/mol. The van der Waals surface area contributed by atoms with Crippen molar-refractivity contribution in [2.75, 3.05) is 26.3 Å². The van der Waals surface area contributed by atoms with Crippen LogP contribution in [0.1, 0.15) is 34.2 Å². The van der Waals surface area contributed by atoms with Gasteiger partial charge in [-0.15, -0.1) is 11.3 Å². The number of halogens is 1. The molecule has 0 saturated carbocycles. The highest BCUT2D eigenvalue weighted by Crippen LogP contribution is 2.38. The summed E-state index contributed by atoms with van der Waals surface area (Å²) in [5, 5.41) is 0.930. The van der Waals surface area contributed by atoms with Crippen molar-refractivity contribution in [3.8, 4) is 5.75 Å². The van der Waals surface area contributed by atoms with Crippen molar-refractivity contribution in [1.82, 2.24) is 4.90 Å². The lowest BCUT2D eigenvalue weighted by molar-refractivity contribution is -0.139. The lowest BCUT2D eigenvalue weighted by Gasteiger charge is -2.33. The van der Waals surface area contributed by atoms with E-state index < -0.39 is 17.8 Å². The van der Waals surface area contributed by atoms with Crippen molar-refractivity contribution < 1.29 is 23.5 Å². The number of nitrogens with zero attached hydrogens (tertiary/aromatic N) is 1. The second-order valence-corrected chi connectivity index (χ2v) is 8.34. The number of carbonyl (C=O) groups is 2. The number of fused-ring (bicyclic) bond motifs is 1. The monoisotopic (exact) mass is 442 g/mol. The van der Waals surface area contributed by atoms with Crippen LogP contribution in [0.25, 0.3) is 10.1 Å². The number of thiophene rings is 1. The summed E-state index contributed by atoms with van der Waals surface area (Å²) >= 11 is 1.35. The molecule has 1 aliphatic rings. The minimum atomic E-state index is -0.492. The molecule has 8 heteroatoms. The minimum Gasteiger partial charge on any atom is -0.491 e. The number of amides is 2. The summed E-state index contributed by atoms with van der Waals surface area (Å²) in [5.41, 5.74) is 6.37. The van der Waals surface area contributed by atoms with E-state index in [9.17, 15) is 14.0 Å². The van der Waals surface area contributed by atoms with E-state index in [-0.39, 0.29) is 24.7 Å². The van der Waals surface area contributed by atoms with Gasteiger partial charge in [-0.25, -0.2) is 4.39 Å². The molecule has 31 heavy (non-hydrogen) atoms. The van der Waals surface area contributed by atoms with Gasteiger partial charge >= 0.3 is 0 Å². The van der Waals surface area contributed by atoms with Gasteiger partial charge in [0, 0.05) is 23.2 Å². The topological polar surface area (TPSA) is 81.9 Å². The molecule has 1 fully saturated rings. The Morgan fingerprint density at radius 3 is 2.77 bits per heavy atom. The number of carbonyl (C=O) groups excluding carboxylic acids is 2. The van der Waals surface area contributed by atoms with Crippen LogP contribution < -0.4 is 10.5 Å². The summed E-state index contributed by atoms with van der Waals surface area (Å²) in [6.07, 6.45) is 0.350. The zero-order chi connectivity index (χ0) is 21.8. The highest BCUT2D eigenvalue weighted by atomic mass is 32.1. The standard InChI is InChI=1S/C23H23FN2O4S/c24-16-7-2-3-8-17(16)29-12-5-10-20(27)26-11-13-30-18(14-26)21-15-6-1-4-9-19(15)31-22(21)23(25)28/h1-4,6-9,18H,5,10-14H2,(H2,25,28)/t18-/m1/s1. The molecule has 1 aliphatic heterocycles. The van der Waals surface area contributed by atoms with E-state index in [1.807, 2.05) is 24.3 Å². The van der Waals surface area contributed by atoms with Crippen LogP contribution in [0.2, 0.25) is 0 Å². The highest BCUT2D eigenvalue weighted by Gasteiger charge is 2.30. The lowest BCUT2D eigenvalue weighted by atomic mass is 10.0. The van der Waals surface area contributed by atoms with Crippen molar-refractivity contribution in [3.05, 3.63) is 64.8 Å². The van der Waals surface area contributed by atoms with E-state index in [0.29, 0.717) is 31.0 Å². The third-order valence-corrected chi connectivity index (χ3v) is 6.43. The maximum atomic E-state index is 13.6. The lowest BCUT2D eigenvalue weighted by Crippen LogP contribution is -2.42. The Kier molecular flexibility index (Phi) is 6.48. The molecular formula is C23H23FN2O4S. The van der Waals surface area contributed by atoms with Gasteiger partial charge in [-0.2, -0.15) is 0 Å². The van der Waals surface area contributed by atoms with Crippen LogP contribution in [0.15, 0.2) is 48.5 Å². The molecule has 0 bridgehead atoms. The Labute approximate surface area is 183 Å². The fraction of sp³-hybridized carbons (Fsp3) is 0.304. The average molecular weight is 443 g/mol. The van der Waals surface area contributed by atoms with Crippen molar-refractivity contribution in [3.63, 3.8) is 0 Å². The van der Waals surface area contributed by atoms with E-state index in [1.165, 1.54) is 17.4 Å². The van der Waals surface area contributed by atoms with Crippen molar-refractivity contribution in [2.45, 2.75) is 18.9 Å². The van der Waals surface area contributed by atoms with Gasteiger partial charge in [-0.3, -0.25) is 9.59 Å². The maximum absolute atomic E-state index is 13.6. The molecule has 0 aliphatic carbocycles. The molecule has 1 saturated heterocycles. The molecule has 0 spiro atoms. The molecule has 1 aromatic heterocycles. The molecule has 162 valence electrons. The van der Waals surface area contributed by atoms with Crippen LogP contribution in [-0.2, 0) is 9.53 Å². The smallest absolute Gasteiger partial charge is 0.259 e. The average Bonchev–Trinajstić information content (AvgIpc) is 3.18. The zero-order valence-corrected chi connectivity index (χ0v) is 17.7. The van der Waals surface area contributed by atoms with E-state index in [0.717, 1.165) is 15.6 Å². The van der Waals surface area contributed by atoms with Crippen LogP contribution >= 0.6 is 11.3 Å². The number of para-hydroxylation sites is 1. The van der Waals surface area contributed by atoms with Gasteiger partial charge in [0.25, 0.3) is 5.91 Å². The summed E-state index contributed by atoms with van der Waals surface area (Å²) in [5.74, 6) is -0.748. The molecule has 2 heterocycles. The number of hydrogen-bond donors (Lipinski definition) is 1. The first kappa shape index (κ1) is 21.3. The van der Waals surface area contributed by atoms with E-state index >= 15 is 0 Å². The summed E-state index contributed by atoms with van der Waals surface area (Å²) in [6.45, 7) is 1.47. The molecule has 0 radical (unpaired) electrons. The van der Waals surface area contributed by atoms with Gasteiger partial charge in [-0.05, 0) is 30.0 Å². The zero-order valence-electron chi connectivity index (χ0n) is 16.9. The van der Waals surface area contributed by atoms with Crippen LogP contribution in [0.5, 0.6) is 5.75 Å². The second kappa shape index (κ2) is 9.45. The first-order valence-corrected chi connectivity index (χ1v) is 10.9. The Morgan fingerprint density at radius 2 is 1.97 bits per heavy atom. The van der Waals surface area contributed by atoms with E-state index in [4.69, 9.17) is 15.2 Å². The SMILES string of the molecule is NC(=O)c1sc2ccccc2c1[C@H]1CN(C(=O)CCCOc2ccccc2F)CCO1. The first-order valence-electron chi connectivity index (χ1n) is 10.1. The molecule has 6 nitrogen and oxygen atoms in total. The van der Waals surface area contributed by atoms with Crippen molar-refractivity contribution >= 4 is 33.2 Å². The van der Waals surface area contributed by atoms with Gasteiger partial charge in [0.2, 0.25) is 5.91 Å². The number of hydrogen-bond acceptors (Lipinski definition) is 5. The maximum Gasteiger partial charge on any atom is 0.259 e. The first-order chi connectivity index (χ1) is 15.0. The van der Waals surface area contributed by atoms with Crippen LogP contribution in [0, 0.1) is 5.82 Å². The van der Waals surface area contributed by atoms with Gasteiger partial charge in [-0.1, -0.05) is 30.3 Å². The number of ether oxygens (including phenoxy) is 2. The second-order valence-electron chi connectivity index (χ2n) is 7.29. The summed E-state index contributed by atoms with van der Waals surface area (Å²) in [4.78, 5) is 27.0. The van der Waals surface area contributed by atoms with Crippen LogP contribution in [0.4, 0.5) is 4.39 Å². The number of rotatable bonds is 7. The van der Waals surface area contributed by atoms with Crippen molar-refractivity contribution in [1.29, 1.82) is 0 Å². The van der Waals surface area contributed by atoms with Gasteiger partial charge < -0.3 is 20.1 Å². The molecule has 0 unspecified atom stereocenters. The van der Waals surface area contributed by atoms with Crippen LogP contribution in [0.3, 0.4) is 0 Å². The number of benzene rings is 2. The molecule has 2 N–H and O–H groups in total. The van der Waals surface area contributed by atoms with E-state index in [1.54, 1.807) is 23.1 Å². The fourth-order valence-corrected chi connectivity index (χ4v) is 4.85. The van der Waals surface area contributed by atoms with Gasteiger partial charge in [0.05, 0.1) is 24.6 Å². The Hall–Kier alpha value is -2.97.